The molecule has 0 bridgehead atoms. The molecule has 1 aliphatic carbocycles. The normalized spacial score (nSPS) is 17.1. The summed E-state index contributed by atoms with van der Waals surface area (Å²) in [7, 11) is 0. The number of benzene rings is 2. The summed E-state index contributed by atoms with van der Waals surface area (Å²) in [6.45, 7) is 0. The zero-order chi connectivity index (χ0) is 14.8. The Kier molecular flexibility index (Phi) is 3.97. The highest BCUT2D eigenvalue weighted by molar-refractivity contribution is 7.80. The van der Waals surface area contributed by atoms with Gasteiger partial charge in [0.25, 0.3) is 5.91 Å². The molecule has 0 fully saturated rings. The van der Waals surface area contributed by atoms with Crippen LogP contribution in [-0.2, 0) is 12.8 Å². The number of aryl methyl sites for hydroxylation is 1. The molecule has 4 heteroatoms. The van der Waals surface area contributed by atoms with Gasteiger partial charge in [-0.3, -0.25) is 4.79 Å². The van der Waals surface area contributed by atoms with Crippen LogP contribution >= 0.6 is 12.6 Å². The van der Waals surface area contributed by atoms with Crippen LogP contribution in [0.25, 0.3) is 0 Å². The Morgan fingerprint density at radius 1 is 1.19 bits per heavy atom. The molecule has 21 heavy (non-hydrogen) atoms. The van der Waals surface area contributed by atoms with E-state index < -0.39 is 5.82 Å². The molecule has 0 heterocycles. The van der Waals surface area contributed by atoms with Gasteiger partial charge in [0.1, 0.15) is 5.82 Å². The third-order valence-corrected chi connectivity index (χ3v) is 4.23. The van der Waals surface area contributed by atoms with E-state index in [4.69, 9.17) is 0 Å². The molecule has 1 N–H and O–H groups in total. The van der Waals surface area contributed by atoms with E-state index in [1.165, 1.54) is 29.3 Å². The van der Waals surface area contributed by atoms with E-state index in [2.05, 4.69) is 30.1 Å². The summed E-state index contributed by atoms with van der Waals surface area (Å²) in [5, 5.41) is 3.03. The van der Waals surface area contributed by atoms with E-state index >= 15 is 0 Å². The average Bonchev–Trinajstić information content (AvgIpc) is 2.50. The third kappa shape index (κ3) is 3.10. The lowest BCUT2D eigenvalue weighted by molar-refractivity contribution is 0.0933. The Morgan fingerprint density at radius 2 is 1.95 bits per heavy atom. The van der Waals surface area contributed by atoms with Crippen molar-refractivity contribution in [3.05, 3.63) is 65.0 Å². The van der Waals surface area contributed by atoms with Gasteiger partial charge in [0.15, 0.2) is 0 Å². The van der Waals surface area contributed by atoms with Gasteiger partial charge in [0.05, 0.1) is 0 Å². The number of amides is 1. The maximum absolute atomic E-state index is 13.2. The molecule has 1 amide bonds. The first-order valence-corrected chi connectivity index (χ1v) is 7.44. The highest BCUT2D eigenvalue weighted by atomic mass is 32.1. The number of rotatable bonds is 2. The minimum atomic E-state index is -0.415. The summed E-state index contributed by atoms with van der Waals surface area (Å²) in [6, 6.07) is 12.7. The number of carbonyl (C=O) groups is 1. The number of hydrogen-bond donors (Lipinski definition) is 2. The second-order valence-corrected chi connectivity index (χ2v) is 5.83. The van der Waals surface area contributed by atoms with Gasteiger partial charge >= 0.3 is 0 Å². The SMILES string of the molecule is O=C(NC1CCc2ccccc2C1)c1ccc(F)c(S)c1. The highest BCUT2D eigenvalue weighted by Crippen LogP contribution is 2.21. The highest BCUT2D eigenvalue weighted by Gasteiger charge is 2.20. The van der Waals surface area contributed by atoms with Crippen molar-refractivity contribution in [2.24, 2.45) is 0 Å². The quantitative estimate of drug-likeness (QED) is 0.818. The predicted octanol–water partition coefficient (Wildman–Crippen LogP) is 3.40. The molecule has 3 rings (SSSR count). The Morgan fingerprint density at radius 3 is 2.71 bits per heavy atom. The fourth-order valence-electron chi connectivity index (χ4n) is 2.74. The minimum Gasteiger partial charge on any atom is -0.349 e. The van der Waals surface area contributed by atoms with Crippen molar-refractivity contribution < 1.29 is 9.18 Å². The second-order valence-electron chi connectivity index (χ2n) is 5.35. The Hall–Kier alpha value is -1.81. The summed E-state index contributed by atoms with van der Waals surface area (Å²) < 4.78 is 13.2. The predicted molar refractivity (Wildman–Crippen MR) is 83.4 cm³/mol. The van der Waals surface area contributed by atoms with Crippen LogP contribution in [0.1, 0.15) is 27.9 Å². The molecule has 1 atom stereocenters. The van der Waals surface area contributed by atoms with Gasteiger partial charge in [-0.15, -0.1) is 12.6 Å². The van der Waals surface area contributed by atoms with Crippen LogP contribution in [0, 0.1) is 5.82 Å². The van der Waals surface area contributed by atoms with Crippen LogP contribution in [-0.4, -0.2) is 11.9 Å². The lowest BCUT2D eigenvalue weighted by Crippen LogP contribution is -2.38. The molecule has 2 nitrogen and oxygen atoms in total. The van der Waals surface area contributed by atoms with Crippen LogP contribution in [0.5, 0.6) is 0 Å². The molecule has 0 aromatic heterocycles. The fourth-order valence-corrected chi connectivity index (χ4v) is 2.96. The van der Waals surface area contributed by atoms with Gasteiger partial charge in [-0.1, -0.05) is 24.3 Å². The van der Waals surface area contributed by atoms with Gasteiger partial charge in [-0.05, 0) is 48.6 Å². The maximum atomic E-state index is 13.2. The van der Waals surface area contributed by atoms with E-state index in [9.17, 15) is 9.18 Å². The van der Waals surface area contributed by atoms with Crippen LogP contribution in [0.2, 0.25) is 0 Å². The summed E-state index contributed by atoms with van der Waals surface area (Å²) >= 11 is 4.01. The first kappa shape index (κ1) is 14.1. The molecule has 0 saturated heterocycles. The van der Waals surface area contributed by atoms with Crippen molar-refractivity contribution in [1.29, 1.82) is 0 Å². The summed E-state index contributed by atoms with van der Waals surface area (Å²) in [5.41, 5.74) is 3.10. The maximum Gasteiger partial charge on any atom is 0.251 e. The molecule has 2 aromatic rings. The lowest BCUT2D eigenvalue weighted by Gasteiger charge is -2.25. The Bertz CT molecular complexity index is 686. The first-order chi connectivity index (χ1) is 10.1. The summed E-state index contributed by atoms with van der Waals surface area (Å²) in [4.78, 5) is 12.4. The largest absolute Gasteiger partial charge is 0.349 e. The van der Waals surface area contributed by atoms with E-state index in [0.29, 0.717) is 5.56 Å². The van der Waals surface area contributed by atoms with E-state index in [1.807, 2.05) is 12.1 Å². The fraction of sp³-hybridized carbons (Fsp3) is 0.235. The van der Waals surface area contributed by atoms with E-state index in [0.717, 1.165) is 19.3 Å². The molecule has 1 unspecified atom stereocenters. The second kappa shape index (κ2) is 5.90. The number of fused-ring (bicyclic) bond motifs is 1. The van der Waals surface area contributed by atoms with Crippen LogP contribution in [0.4, 0.5) is 4.39 Å². The summed E-state index contributed by atoms with van der Waals surface area (Å²) in [5.74, 6) is -0.587. The molecule has 108 valence electrons. The zero-order valence-electron chi connectivity index (χ0n) is 11.5. The number of nitrogens with one attached hydrogen (secondary N) is 1. The van der Waals surface area contributed by atoms with Crippen molar-refractivity contribution >= 4 is 18.5 Å². The van der Waals surface area contributed by atoms with Crippen molar-refractivity contribution in [1.82, 2.24) is 5.32 Å². The van der Waals surface area contributed by atoms with Gasteiger partial charge in [0, 0.05) is 16.5 Å². The first-order valence-electron chi connectivity index (χ1n) is 6.99. The van der Waals surface area contributed by atoms with Gasteiger partial charge in [-0.25, -0.2) is 4.39 Å². The van der Waals surface area contributed by atoms with Crippen LogP contribution < -0.4 is 5.32 Å². The van der Waals surface area contributed by atoms with E-state index in [-0.39, 0.29) is 16.8 Å². The van der Waals surface area contributed by atoms with Crippen LogP contribution in [0.3, 0.4) is 0 Å². The van der Waals surface area contributed by atoms with Crippen molar-refractivity contribution in [3.8, 4) is 0 Å². The van der Waals surface area contributed by atoms with Crippen molar-refractivity contribution in [2.75, 3.05) is 0 Å². The number of carbonyl (C=O) groups excluding carboxylic acids is 1. The zero-order valence-corrected chi connectivity index (χ0v) is 12.4. The number of halogens is 1. The number of thiol groups is 1. The average molecular weight is 301 g/mol. The Balaban J connectivity index is 1.70. The van der Waals surface area contributed by atoms with E-state index in [1.54, 1.807) is 0 Å². The lowest BCUT2D eigenvalue weighted by atomic mass is 9.88. The van der Waals surface area contributed by atoms with Crippen molar-refractivity contribution in [3.63, 3.8) is 0 Å². The topological polar surface area (TPSA) is 29.1 Å². The third-order valence-electron chi connectivity index (χ3n) is 3.89. The minimum absolute atomic E-state index is 0.126. The molecular weight excluding hydrogens is 285 g/mol. The van der Waals surface area contributed by atoms with Gasteiger partial charge in [-0.2, -0.15) is 0 Å². The molecule has 2 aromatic carbocycles. The molecule has 0 saturated carbocycles. The summed E-state index contributed by atoms with van der Waals surface area (Å²) in [6.07, 6.45) is 2.75. The standard InChI is InChI=1S/C17H16FNOS/c18-15-8-6-13(10-16(15)21)17(20)19-14-7-5-11-3-1-2-4-12(11)9-14/h1-4,6,8,10,14,21H,5,7,9H2,(H,19,20). The Labute approximate surface area is 128 Å². The molecule has 1 aliphatic rings. The van der Waals surface area contributed by atoms with Gasteiger partial charge < -0.3 is 5.32 Å². The van der Waals surface area contributed by atoms with Gasteiger partial charge in [0.2, 0.25) is 0 Å². The molecule has 0 radical (unpaired) electrons. The molecular formula is C17H16FNOS. The smallest absolute Gasteiger partial charge is 0.251 e. The monoisotopic (exact) mass is 301 g/mol. The van der Waals surface area contributed by atoms with Crippen molar-refractivity contribution in [2.45, 2.75) is 30.2 Å². The number of hydrogen-bond acceptors (Lipinski definition) is 2. The molecule has 0 aliphatic heterocycles. The van der Waals surface area contributed by atoms with Crippen LogP contribution in [0.15, 0.2) is 47.4 Å². The molecule has 0 spiro atoms.